The first-order valence-electron chi connectivity index (χ1n) is 10.7. The van der Waals surface area contributed by atoms with Crippen molar-refractivity contribution in [2.75, 3.05) is 13.1 Å². The molecule has 1 unspecified atom stereocenters. The number of likely N-dealkylation sites (tertiary alicyclic amines) is 1. The van der Waals surface area contributed by atoms with E-state index in [9.17, 15) is 14.0 Å². The highest BCUT2D eigenvalue weighted by molar-refractivity contribution is 6.62. The number of hydrogen-bond acceptors (Lipinski definition) is 5. The molecule has 32 heavy (non-hydrogen) atoms. The molecule has 0 bridgehead atoms. The summed E-state index contributed by atoms with van der Waals surface area (Å²) in [6, 6.07) is 1.91. The van der Waals surface area contributed by atoms with Crippen LogP contribution in [0.1, 0.15) is 65.2 Å². The Morgan fingerprint density at radius 2 is 1.75 bits per heavy atom. The summed E-state index contributed by atoms with van der Waals surface area (Å²) in [7, 11) is -1.06. The Labute approximate surface area is 187 Å². The molecule has 0 spiro atoms. The smallest absolute Gasteiger partial charge is 0.444 e. The second-order valence-electron chi connectivity index (χ2n) is 10.3. The van der Waals surface area contributed by atoms with E-state index in [1.165, 1.54) is 11.0 Å². The molecule has 2 heterocycles. The van der Waals surface area contributed by atoms with Gasteiger partial charge in [-0.1, -0.05) is 6.07 Å². The number of amides is 2. The summed E-state index contributed by atoms with van der Waals surface area (Å²) in [5.74, 6) is -2.75. The van der Waals surface area contributed by atoms with Crippen LogP contribution in [-0.4, -0.2) is 60.0 Å². The largest absolute Gasteiger partial charge is 0.497 e. The van der Waals surface area contributed by atoms with Crippen LogP contribution in [0.25, 0.3) is 0 Å². The molecule has 0 aromatic heterocycles. The van der Waals surface area contributed by atoms with E-state index in [4.69, 9.17) is 14.0 Å². The Balaban J connectivity index is 1.75. The maximum atomic E-state index is 15.3. The van der Waals surface area contributed by atoms with Crippen molar-refractivity contribution in [3.8, 4) is 0 Å². The number of nitrogens with one attached hydrogen (secondary N) is 1. The molecule has 1 N–H and O–H groups in total. The van der Waals surface area contributed by atoms with Gasteiger partial charge >= 0.3 is 13.2 Å². The zero-order chi connectivity index (χ0) is 24.1. The zero-order valence-corrected chi connectivity index (χ0v) is 19.7. The van der Waals surface area contributed by atoms with Crippen LogP contribution in [0.5, 0.6) is 0 Å². The average molecular weight is 452 g/mol. The molecule has 176 valence electrons. The van der Waals surface area contributed by atoms with Crippen LogP contribution in [0.15, 0.2) is 12.1 Å². The Kier molecular flexibility index (Phi) is 6.34. The van der Waals surface area contributed by atoms with Crippen LogP contribution in [0, 0.1) is 11.6 Å². The van der Waals surface area contributed by atoms with Gasteiger partial charge in [0.05, 0.1) is 17.2 Å². The first-order valence-corrected chi connectivity index (χ1v) is 10.7. The molecule has 0 aliphatic carbocycles. The van der Waals surface area contributed by atoms with E-state index in [1.54, 1.807) is 20.8 Å². The summed E-state index contributed by atoms with van der Waals surface area (Å²) < 4.78 is 46.9. The van der Waals surface area contributed by atoms with Crippen molar-refractivity contribution in [3.63, 3.8) is 0 Å². The van der Waals surface area contributed by atoms with E-state index in [2.05, 4.69) is 5.32 Å². The fourth-order valence-corrected chi connectivity index (χ4v) is 3.61. The van der Waals surface area contributed by atoms with Crippen LogP contribution in [0.3, 0.4) is 0 Å². The second kappa shape index (κ2) is 8.30. The van der Waals surface area contributed by atoms with E-state index < -0.39 is 53.1 Å². The fourth-order valence-electron chi connectivity index (χ4n) is 3.61. The Morgan fingerprint density at radius 3 is 2.31 bits per heavy atom. The van der Waals surface area contributed by atoms with Gasteiger partial charge in [-0.3, -0.25) is 4.79 Å². The van der Waals surface area contributed by atoms with Gasteiger partial charge in [0, 0.05) is 18.6 Å². The summed E-state index contributed by atoms with van der Waals surface area (Å²) in [4.78, 5) is 26.3. The van der Waals surface area contributed by atoms with Gasteiger partial charge in [0.15, 0.2) is 0 Å². The van der Waals surface area contributed by atoms with E-state index in [1.807, 2.05) is 27.7 Å². The molecule has 2 fully saturated rings. The fraction of sp³-hybridized carbons (Fsp3) is 0.636. The van der Waals surface area contributed by atoms with Crippen LogP contribution in [-0.2, 0) is 14.0 Å². The molecule has 10 heteroatoms. The van der Waals surface area contributed by atoms with Crippen LogP contribution >= 0.6 is 0 Å². The van der Waals surface area contributed by atoms with Gasteiger partial charge in [0.2, 0.25) is 0 Å². The van der Waals surface area contributed by atoms with Crippen LogP contribution in [0.4, 0.5) is 13.6 Å². The first kappa shape index (κ1) is 24.4. The predicted octanol–water partition coefficient (Wildman–Crippen LogP) is 3.00. The van der Waals surface area contributed by atoms with Crippen LogP contribution < -0.4 is 10.8 Å². The lowest BCUT2D eigenvalue weighted by atomic mass is 9.77. The number of rotatable bonds is 3. The minimum atomic E-state index is -1.06. The Morgan fingerprint density at radius 1 is 1.16 bits per heavy atom. The molecule has 0 saturated carbocycles. The monoisotopic (exact) mass is 452 g/mol. The van der Waals surface area contributed by atoms with Crippen molar-refractivity contribution < 1.29 is 32.4 Å². The van der Waals surface area contributed by atoms with Crippen molar-refractivity contribution in [3.05, 3.63) is 29.3 Å². The highest BCUT2D eigenvalue weighted by atomic mass is 19.1. The van der Waals surface area contributed by atoms with Gasteiger partial charge in [-0.05, 0) is 61.0 Å². The SMILES string of the molecule is CC(C)(C)OC(=O)NC1CCN(C(=O)c2c(F)ccc(B3OC(C)(C)C(C)(C)O3)c2F)C1. The molecule has 3 rings (SSSR count). The van der Waals surface area contributed by atoms with Crippen molar-refractivity contribution in [2.45, 2.75) is 77.7 Å². The number of nitrogens with zero attached hydrogens (tertiary/aromatic N) is 1. The molecule has 1 atom stereocenters. The third-order valence-corrected chi connectivity index (χ3v) is 6.04. The number of halogens is 2. The molecule has 0 radical (unpaired) electrons. The predicted molar refractivity (Wildman–Crippen MR) is 116 cm³/mol. The van der Waals surface area contributed by atoms with Crippen molar-refractivity contribution >= 4 is 24.6 Å². The van der Waals surface area contributed by atoms with E-state index in [0.29, 0.717) is 6.42 Å². The van der Waals surface area contributed by atoms with Gasteiger partial charge < -0.3 is 24.3 Å². The lowest BCUT2D eigenvalue weighted by Gasteiger charge is -2.32. The summed E-state index contributed by atoms with van der Waals surface area (Å²) in [6.07, 6.45) is -0.151. The number of benzene rings is 1. The maximum Gasteiger partial charge on any atom is 0.497 e. The van der Waals surface area contributed by atoms with E-state index in [-0.39, 0.29) is 24.6 Å². The number of hydrogen-bond donors (Lipinski definition) is 1. The topological polar surface area (TPSA) is 77.1 Å². The van der Waals surface area contributed by atoms with Crippen molar-refractivity contribution in [1.29, 1.82) is 0 Å². The summed E-state index contributed by atoms with van der Waals surface area (Å²) in [5, 5.41) is 2.69. The second-order valence-corrected chi connectivity index (χ2v) is 10.3. The Hall–Kier alpha value is -2.20. The maximum absolute atomic E-state index is 15.3. The zero-order valence-electron chi connectivity index (χ0n) is 19.7. The molecule has 2 aliphatic rings. The molecule has 2 aliphatic heterocycles. The summed E-state index contributed by atoms with van der Waals surface area (Å²) in [5.41, 5.74) is -2.76. The van der Waals surface area contributed by atoms with Gasteiger partial charge in [-0.25, -0.2) is 13.6 Å². The molecule has 1 aromatic carbocycles. The van der Waals surface area contributed by atoms with Gasteiger partial charge in [0.25, 0.3) is 5.91 Å². The lowest BCUT2D eigenvalue weighted by molar-refractivity contribution is 0.00578. The van der Waals surface area contributed by atoms with E-state index in [0.717, 1.165) is 6.07 Å². The first-order chi connectivity index (χ1) is 14.6. The minimum Gasteiger partial charge on any atom is -0.444 e. The molecule has 2 saturated heterocycles. The third kappa shape index (κ3) is 4.91. The lowest BCUT2D eigenvalue weighted by Crippen LogP contribution is -2.42. The number of ether oxygens (including phenoxy) is 1. The van der Waals surface area contributed by atoms with Crippen molar-refractivity contribution in [1.82, 2.24) is 10.2 Å². The number of carbonyl (C=O) groups excluding carboxylic acids is 2. The third-order valence-electron chi connectivity index (χ3n) is 6.04. The molecule has 2 amide bonds. The molecule has 7 nitrogen and oxygen atoms in total. The minimum absolute atomic E-state index is 0.0315. The Bertz CT molecular complexity index is 900. The average Bonchev–Trinajstić information content (AvgIpc) is 3.15. The van der Waals surface area contributed by atoms with Gasteiger partial charge in [-0.15, -0.1) is 0 Å². The highest BCUT2D eigenvalue weighted by Gasteiger charge is 2.53. The number of alkyl carbamates (subject to hydrolysis) is 1. The summed E-state index contributed by atoms with van der Waals surface area (Å²) >= 11 is 0. The van der Waals surface area contributed by atoms with Gasteiger partial charge in [-0.2, -0.15) is 0 Å². The molecular formula is C22H31BF2N2O5. The van der Waals surface area contributed by atoms with Crippen molar-refractivity contribution in [2.24, 2.45) is 0 Å². The normalized spacial score (nSPS) is 22.2. The van der Waals surface area contributed by atoms with Crippen LogP contribution in [0.2, 0.25) is 0 Å². The number of carbonyl (C=O) groups is 2. The van der Waals surface area contributed by atoms with E-state index >= 15 is 4.39 Å². The van der Waals surface area contributed by atoms with Gasteiger partial charge in [0.1, 0.15) is 22.8 Å². The summed E-state index contributed by atoms with van der Waals surface area (Å²) in [6.45, 7) is 12.9. The standard InChI is InChI=1S/C22H31BF2N2O5/c1-20(2,3)30-19(29)26-13-10-11-27(12-13)18(28)16-15(24)9-8-14(17(16)25)23-31-21(4,5)22(6,7)32-23/h8-9,13H,10-12H2,1-7H3,(H,26,29). The molecule has 1 aromatic rings. The molecular weight excluding hydrogens is 421 g/mol. The highest BCUT2D eigenvalue weighted by Crippen LogP contribution is 2.37. The quantitative estimate of drug-likeness (QED) is 0.714.